The number of aliphatic hydroxyl groups excluding tert-OH is 1. The van der Waals surface area contributed by atoms with Crippen molar-refractivity contribution in [2.24, 2.45) is 23.1 Å². The first-order valence-electron chi connectivity index (χ1n) is 10.9. The van der Waals surface area contributed by atoms with Crippen molar-refractivity contribution in [1.29, 1.82) is 0 Å². The SMILES string of the molecule is CC(C)CC(NC(=O)C(CO)NC(=O)C(CCCCN)NC(=O)C(N)CCC(N)=O)C(=O)O. The average molecular weight is 475 g/mol. The van der Waals surface area contributed by atoms with E-state index in [9.17, 15) is 34.2 Å². The van der Waals surface area contributed by atoms with Gasteiger partial charge in [-0.1, -0.05) is 13.8 Å². The highest BCUT2D eigenvalue weighted by molar-refractivity contribution is 5.94. The quantitative estimate of drug-likeness (QED) is 0.102. The van der Waals surface area contributed by atoms with Gasteiger partial charge in [-0.15, -0.1) is 0 Å². The fourth-order valence-electron chi connectivity index (χ4n) is 2.90. The number of amides is 4. The number of carbonyl (C=O) groups is 5. The summed E-state index contributed by atoms with van der Waals surface area (Å²) in [6.45, 7) is 3.16. The number of carboxylic acid groups (broad SMARTS) is 1. The van der Waals surface area contributed by atoms with Gasteiger partial charge in [-0.05, 0) is 44.6 Å². The van der Waals surface area contributed by atoms with Gasteiger partial charge in [-0.25, -0.2) is 4.79 Å². The molecule has 0 aliphatic carbocycles. The minimum Gasteiger partial charge on any atom is -0.480 e. The minimum atomic E-state index is -1.43. The molecule has 0 radical (unpaired) electrons. The van der Waals surface area contributed by atoms with Crippen LogP contribution in [0.3, 0.4) is 0 Å². The van der Waals surface area contributed by atoms with E-state index >= 15 is 0 Å². The van der Waals surface area contributed by atoms with Crippen LogP contribution in [0.5, 0.6) is 0 Å². The van der Waals surface area contributed by atoms with Gasteiger partial charge in [0, 0.05) is 6.42 Å². The van der Waals surface area contributed by atoms with Gasteiger partial charge in [0.05, 0.1) is 12.6 Å². The molecule has 0 aromatic rings. The largest absolute Gasteiger partial charge is 0.480 e. The van der Waals surface area contributed by atoms with Gasteiger partial charge in [0.15, 0.2) is 0 Å². The predicted molar refractivity (Wildman–Crippen MR) is 119 cm³/mol. The molecule has 0 aliphatic heterocycles. The Labute approximate surface area is 193 Å². The Hall–Kier alpha value is -2.77. The normalized spacial score (nSPS) is 14.6. The van der Waals surface area contributed by atoms with Gasteiger partial charge in [0.2, 0.25) is 23.6 Å². The smallest absolute Gasteiger partial charge is 0.326 e. The van der Waals surface area contributed by atoms with Gasteiger partial charge in [0.1, 0.15) is 18.1 Å². The van der Waals surface area contributed by atoms with Gasteiger partial charge >= 0.3 is 5.97 Å². The zero-order valence-corrected chi connectivity index (χ0v) is 19.2. The fraction of sp³-hybridized carbons (Fsp3) is 0.750. The van der Waals surface area contributed by atoms with Crippen LogP contribution in [-0.4, -0.2) is 77.1 Å². The second-order valence-corrected chi connectivity index (χ2v) is 8.23. The second-order valence-electron chi connectivity index (χ2n) is 8.23. The zero-order chi connectivity index (χ0) is 25.6. The van der Waals surface area contributed by atoms with Crippen molar-refractivity contribution in [2.45, 2.75) is 76.5 Å². The summed E-state index contributed by atoms with van der Waals surface area (Å²) in [6.07, 6.45) is 1.29. The van der Waals surface area contributed by atoms with E-state index in [0.29, 0.717) is 19.4 Å². The third-order valence-electron chi connectivity index (χ3n) is 4.76. The van der Waals surface area contributed by atoms with Crippen LogP contribution in [0.4, 0.5) is 0 Å². The summed E-state index contributed by atoms with van der Waals surface area (Å²) >= 11 is 0. The Balaban J connectivity index is 5.23. The van der Waals surface area contributed by atoms with E-state index in [1.165, 1.54) is 0 Å². The number of aliphatic hydroxyl groups is 1. The molecule has 0 saturated heterocycles. The second kappa shape index (κ2) is 15.9. The first-order chi connectivity index (χ1) is 15.4. The maximum atomic E-state index is 12.8. The lowest BCUT2D eigenvalue weighted by molar-refractivity contribution is -0.143. The highest BCUT2D eigenvalue weighted by atomic mass is 16.4. The topological polar surface area (TPSA) is 240 Å². The fourth-order valence-corrected chi connectivity index (χ4v) is 2.90. The Morgan fingerprint density at radius 1 is 0.848 bits per heavy atom. The third-order valence-corrected chi connectivity index (χ3v) is 4.76. The van der Waals surface area contributed by atoms with Crippen LogP contribution < -0.4 is 33.2 Å². The Morgan fingerprint density at radius 2 is 1.39 bits per heavy atom. The molecule has 0 saturated carbocycles. The number of unbranched alkanes of at least 4 members (excludes halogenated alkanes) is 1. The number of carbonyl (C=O) groups excluding carboxylic acids is 4. The van der Waals surface area contributed by atoms with Gasteiger partial charge in [-0.3, -0.25) is 19.2 Å². The molecule has 0 aromatic carbocycles. The Kier molecular flexibility index (Phi) is 14.6. The number of nitrogens with one attached hydrogen (secondary N) is 3. The molecule has 0 aliphatic rings. The minimum absolute atomic E-state index is 0.00754. The van der Waals surface area contributed by atoms with Crippen LogP contribution in [-0.2, 0) is 24.0 Å². The zero-order valence-electron chi connectivity index (χ0n) is 19.2. The molecule has 4 amide bonds. The van der Waals surface area contributed by atoms with Crippen LogP contribution in [0.1, 0.15) is 52.4 Å². The molecule has 4 unspecified atom stereocenters. The summed E-state index contributed by atoms with van der Waals surface area (Å²) in [4.78, 5) is 59.8. The van der Waals surface area contributed by atoms with E-state index in [0.717, 1.165) is 0 Å². The van der Waals surface area contributed by atoms with E-state index in [-0.39, 0.29) is 31.6 Å². The lowest BCUT2D eigenvalue weighted by Gasteiger charge is -2.24. The molecule has 33 heavy (non-hydrogen) atoms. The van der Waals surface area contributed by atoms with Crippen molar-refractivity contribution in [3.05, 3.63) is 0 Å². The van der Waals surface area contributed by atoms with Crippen LogP contribution in [0.15, 0.2) is 0 Å². The molecule has 0 heterocycles. The molecule has 0 rings (SSSR count). The Bertz CT molecular complexity index is 673. The lowest BCUT2D eigenvalue weighted by atomic mass is 10.0. The maximum Gasteiger partial charge on any atom is 0.326 e. The summed E-state index contributed by atoms with van der Waals surface area (Å²) in [5, 5.41) is 26.0. The van der Waals surface area contributed by atoms with Crippen LogP contribution >= 0.6 is 0 Å². The van der Waals surface area contributed by atoms with Crippen LogP contribution in [0, 0.1) is 5.92 Å². The Morgan fingerprint density at radius 3 is 1.88 bits per heavy atom. The number of primary amides is 1. The average Bonchev–Trinajstić information content (AvgIpc) is 2.73. The van der Waals surface area contributed by atoms with E-state index in [2.05, 4.69) is 16.0 Å². The number of nitrogens with two attached hydrogens (primary N) is 3. The molecule has 13 heteroatoms. The lowest BCUT2D eigenvalue weighted by Crippen LogP contribution is -2.58. The van der Waals surface area contributed by atoms with Crippen molar-refractivity contribution in [1.82, 2.24) is 16.0 Å². The molecule has 0 fully saturated rings. The summed E-state index contributed by atoms with van der Waals surface area (Å²) < 4.78 is 0. The van der Waals surface area contributed by atoms with E-state index in [4.69, 9.17) is 17.2 Å². The third kappa shape index (κ3) is 12.7. The number of rotatable bonds is 17. The maximum absolute atomic E-state index is 12.8. The van der Waals surface area contributed by atoms with E-state index in [1.54, 1.807) is 13.8 Å². The number of hydrogen-bond acceptors (Lipinski definition) is 8. The van der Waals surface area contributed by atoms with Crippen molar-refractivity contribution >= 4 is 29.6 Å². The molecular weight excluding hydrogens is 436 g/mol. The summed E-state index contributed by atoms with van der Waals surface area (Å²) in [5.41, 5.74) is 16.3. The highest BCUT2D eigenvalue weighted by Gasteiger charge is 2.30. The van der Waals surface area contributed by atoms with E-state index < -0.39 is 60.4 Å². The number of aliphatic carboxylic acids is 1. The highest BCUT2D eigenvalue weighted by Crippen LogP contribution is 2.06. The molecule has 190 valence electrons. The van der Waals surface area contributed by atoms with Gasteiger partial charge < -0.3 is 43.4 Å². The summed E-state index contributed by atoms with van der Waals surface area (Å²) in [5.74, 6) is -4.19. The van der Waals surface area contributed by atoms with Gasteiger partial charge in [0.25, 0.3) is 0 Å². The molecule has 4 atom stereocenters. The molecule has 0 spiro atoms. The number of carboxylic acids is 1. The molecule has 11 N–H and O–H groups in total. The summed E-state index contributed by atoms with van der Waals surface area (Å²) in [7, 11) is 0. The van der Waals surface area contributed by atoms with Crippen molar-refractivity contribution in [2.75, 3.05) is 13.2 Å². The summed E-state index contributed by atoms with van der Waals surface area (Å²) in [6, 6.07) is -4.78. The van der Waals surface area contributed by atoms with Crippen molar-refractivity contribution in [3.63, 3.8) is 0 Å². The monoisotopic (exact) mass is 474 g/mol. The standard InChI is InChI=1S/C20H38N6O7/c1-11(2)9-14(20(32)33)25-19(31)15(10-27)26-18(30)13(5-3-4-8-21)24-17(29)12(22)6-7-16(23)28/h11-15,27H,3-10,21-22H2,1-2H3,(H2,23,28)(H,24,29)(H,25,31)(H,26,30)(H,32,33). The van der Waals surface area contributed by atoms with Crippen LogP contribution in [0.2, 0.25) is 0 Å². The number of hydrogen-bond donors (Lipinski definition) is 8. The molecule has 0 aromatic heterocycles. The molecular formula is C20H38N6O7. The van der Waals surface area contributed by atoms with Crippen molar-refractivity contribution < 1.29 is 34.2 Å². The first kappa shape index (κ1) is 30.2. The van der Waals surface area contributed by atoms with E-state index in [1.807, 2.05) is 0 Å². The van der Waals surface area contributed by atoms with Crippen molar-refractivity contribution in [3.8, 4) is 0 Å². The first-order valence-corrected chi connectivity index (χ1v) is 10.9. The van der Waals surface area contributed by atoms with Gasteiger partial charge in [-0.2, -0.15) is 0 Å². The molecule has 13 nitrogen and oxygen atoms in total. The van der Waals surface area contributed by atoms with Crippen LogP contribution in [0.25, 0.3) is 0 Å². The predicted octanol–water partition coefficient (Wildman–Crippen LogP) is -2.71. The molecule has 0 bridgehead atoms.